The van der Waals surface area contributed by atoms with Gasteiger partial charge in [0.05, 0.1) is 23.5 Å². The normalized spacial score (nSPS) is 41.1. The van der Waals surface area contributed by atoms with Gasteiger partial charge in [0.25, 0.3) is 0 Å². The molecule has 5 aliphatic rings. The van der Waals surface area contributed by atoms with E-state index in [1.54, 1.807) is 5.57 Å². The minimum atomic E-state index is -0.122. The van der Waals surface area contributed by atoms with Gasteiger partial charge in [0, 0.05) is 5.02 Å². The van der Waals surface area contributed by atoms with Crippen molar-refractivity contribution in [2.75, 3.05) is 0 Å². The van der Waals surface area contributed by atoms with E-state index in [4.69, 9.17) is 21.6 Å². The zero-order valence-corrected chi connectivity index (χ0v) is 28.1. The number of fused-ring (bicyclic) bond motifs is 7. The van der Waals surface area contributed by atoms with Crippen LogP contribution in [-0.4, -0.2) is 33.3 Å². The number of aliphatic hydroxyl groups is 1. The molecule has 1 aliphatic heterocycles. The number of nitrogens with zero attached hydrogens (tertiary/aromatic N) is 3. The molecule has 0 radical (unpaired) electrons. The molecular weight excluding hydrogens is 610 g/mol. The number of allylic oxidation sites excluding steroid dienone is 1. The highest BCUT2D eigenvalue weighted by atomic mass is 79.9. The van der Waals surface area contributed by atoms with Crippen molar-refractivity contribution in [2.24, 2.45) is 40.4 Å². The number of hydrogen-bond donors (Lipinski definition) is 1. The Morgan fingerprint density at radius 2 is 1.95 bits per heavy atom. The molecule has 0 bridgehead atoms. The van der Waals surface area contributed by atoms with Gasteiger partial charge in [-0.15, -0.1) is 9.36 Å². The molecule has 11 atom stereocenters. The molecule has 42 heavy (non-hydrogen) atoms. The maximum Gasteiger partial charge on any atom is 0.155 e. The molecule has 1 aromatic carbocycles. The molecule has 4 aliphatic carbocycles. The Morgan fingerprint density at radius 1 is 1.17 bits per heavy atom. The Labute approximate surface area is 267 Å². The lowest BCUT2D eigenvalue weighted by molar-refractivity contribution is -0.747. The topological polar surface area (TPSA) is 51.2 Å². The number of aromatic nitrogens is 3. The number of hydrogen-bond acceptors (Lipinski definition) is 3. The second kappa shape index (κ2) is 11.6. The van der Waals surface area contributed by atoms with Crippen LogP contribution in [0.15, 0.2) is 48.3 Å². The first-order valence-electron chi connectivity index (χ1n) is 16.4. The lowest BCUT2D eigenvalue weighted by Crippen LogP contribution is -3.00. The first-order valence-corrected chi connectivity index (χ1v) is 16.8. The molecule has 1 N–H and O–H groups in total. The number of benzene rings is 1. The third-order valence-electron chi connectivity index (χ3n) is 12.9. The van der Waals surface area contributed by atoms with Crippen LogP contribution in [0, 0.1) is 40.4 Å². The van der Waals surface area contributed by atoms with Crippen molar-refractivity contribution < 1.29 is 31.5 Å². The van der Waals surface area contributed by atoms with Crippen molar-refractivity contribution in [1.82, 2.24) is 9.90 Å². The first kappa shape index (κ1) is 30.8. The van der Waals surface area contributed by atoms with Gasteiger partial charge >= 0.3 is 0 Å². The zero-order valence-electron chi connectivity index (χ0n) is 25.8. The van der Waals surface area contributed by atoms with E-state index >= 15 is 0 Å². The third kappa shape index (κ3) is 5.14. The monoisotopic (exact) mass is 657 g/mol. The van der Waals surface area contributed by atoms with Gasteiger partial charge in [-0.05, 0) is 123 Å². The molecule has 7 rings (SSSR count). The van der Waals surface area contributed by atoms with Crippen LogP contribution in [0.4, 0.5) is 0 Å². The van der Waals surface area contributed by atoms with Crippen LogP contribution in [0.3, 0.4) is 0 Å². The minimum Gasteiger partial charge on any atom is -1.00 e. The van der Waals surface area contributed by atoms with Gasteiger partial charge in [-0.1, -0.05) is 56.2 Å². The summed E-state index contributed by atoms with van der Waals surface area (Å²) < 4.78 is 11.1. The standard InChI is InChI=1S/C35H49ClN3O2.BrH/c1-22(39-18-17-38(37-39)21-24-6-9-26(36)10-7-24)5-12-31-23(2)33-32(41-31)20-30-28-11-8-25-19-27(40)13-15-34(25,3)29(28)14-16-35(30,33)4;/h6-10,17-18,22-23,27-33,40H,5,11-16,19-21H2,1-4H3;1H/q+1;/p-1/t22-,23-,27?,28-,29+,30+,31-,32?,33?,34+,35+;/m1./s1. The van der Waals surface area contributed by atoms with Gasteiger partial charge < -0.3 is 26.8 Å². The molecule has 1 saturated heterocycles. The van der Waals surface area contributed by atoms with Crippen molar-refractivity contribution >= 4 is 11.6 Å². The summed E-state index contributed by atoms with van der Waals surface area (Å²) in [5.41, 5.74) is 3.49. The lowest BCUT2D eigenvalue weighted by atomic mass is 9.47. The van der Waals surface area contributed by atoms with E-state index in [9.17, 15) is 5.11 Å². The van der Waals surface area contributed by atoms with Crippen molar-refractivity contribution in [1.29, 1.82) is 0 Å². The Balaban J connectivity index is 0.00000316. The quantitative estimate of drug-likeness (QED) is 0.375. The fourth-order valence-electron chi connectivity index (χ4n) is 10.6. The summed E-state index contributed by atoms with van der Waals surface area (Å²) in [6, 6.07) is 8.35. The van der Waals surface area contributed by atoms with E-state index in [1.165, 1.54) is 37.7 Å². The van der Waals surface area contributed by atoms with Crippen molar-refractivity contribution in [3.8, 4) is 0 Å². The highest BCUT2D eigenvalue weighted by Crippen LogP contribution is 2.69. The Morgan fingerprint density at radius 3 is 2.74 bits per heavy atom. The van der Waals surface area contributed by atoms with Crippen LogP contribution in [0.25, 0.3) is 0 Å². The summed E-state index contributed by atoms with van der Waals surface area (Å²) in [4.78, 5) is 0. The summed E-state index contributed by atoms with van der Waals surface area (Å²) in [5.74, 6) is 3.65. The molecule has 4 fully saturated rings. The summed E-state index contributed by atoms with van der Waals surface area (Å²) in [6.07, 6.45) is 17.8. The summed E-state index contributed by atoms with van der Waals surface area (Å²) >= 11 is 6.04. The maximum atomic E-state index is 10.4. The largest absolute Gasteiger partial charge is 1.00 e. The van der Waals surface area contributed by atoms with Crippen LogP contribution >= 0.6 is 11.6 Å². The van der Waals surface area contributed by atoms with Gasteiger partial charge in [0.1, 0.15) is 12.6 Å². The molecule has 3 unspecified atom stereocenters. The highest BCUT2D eigenvalue weighted by Gasteiger charge is 2.64. The highest BCUT2D eigenvalue weighted by molar-refractivity contribution is 6.30. The van der Waals surface area contributed by atoms with Crippen LogP contribution in [-0.2, 0) is 11.3 Å². The summed E-state index contributed by atoms with van der Waals surface area (Å²) in [7, 11) is 0. The van der Waals surface area contributed by atoms with Crippen LogP contribution in [0.2, 0.25) is 5.02 Å². The minimum absolute atomic E-state index is 0. The SMILES string of the molecule is C[C@H](CC[C@H]1OC2C[C@H]3[C@@H]4CC=C5CC(O)CC[C@]5(C)[C@H]4CC[C@]3(C)C2[C@@H]1C)n1cc[n+](Cc2ccc(Cl)cc2)n1.[Br-]. The molecule has 230 valence electrons. The fraction of sp³-hybridized carbons (Fsp3) is 0.714. The van der Waals surface area contributed by atoms with Crippen molar-refractivity contribution in [3.05, 3.63) is 58.9 Å². The molecule has 2 heterocycles. The summed E-state index contributed by atoms with van der Waals surface area (Å²) in [5, 5.41) is 16.0. The number of ether oxygens (including phenoxy) is 1. The van der Waals surface area contributed by atoms with E-state index < -0.39 is 0 Å². The molecular formula is C35H49BrClN3O2. The van der Waals surface area contributed by atoms with Gasteiger partial charge in [-0.25, -0.2) is 0 Å². The second-order valence-corrected chi connectivity index (χ2v) is 15.4. The molecule has 1 aromatic heterocycles. The molecule has 2 aromatic rings. The molecule has 5 nitrogen and oxygen atoms in total. The second-order valence-electron chi connectivity index (χ2n) is 15.0. The number of halogens is 2. The van der Waals surface area contributed by atoms with Crippen LogP contribution in [0.1, 0.15) is 97.1 Å². The summed E-state index contributed by atoms with van der Waals surface area (Å²) in [6.45, 7) is 10.7. The zero-order chi connectivity index (χ0) is 28.5. The van der Waals surface area contributed by atoms with Gasteiger partial charge in [-0.2, -0.15) is 0 Å². The first-order chi connectivity index (χ1) is 19.7. The van der Waals surface area contributed by atoms with Gasteiger partial charge in [0.2, 0.25) is 0 Å². The van der Waals surface area contributed by atoms with E-state index in [1.807, 2.05) is 16.8 Å². The van der Waals surface area contributed by atoms with Gasteiger partial charge in [0.15, 0.2) is 12.4 Å². The van der Waals surface area contributed by atoms with Crippen molar-refractivity contribution in [3.63, 3.8) is 0 Å². The van der Waals surface area contributed by atoms with E-state index in [-0.39, 0.29) is 23.1 Å². The Hall–Kier alpha value is -1.21. The Kier molecular flexibility index (Phi) is 8.52. The predicted molar refractivity (Wildman–Crippen MR) is 161 cm³/mol. The molecule has 0 amide bonds. The third-order valence-corrected chi connectivity index (χ3v) is 13.1. The maximum absolute atomic E-state index is 10.4. The van der Waals surface area contributed by atoms with E-state index in [0.29, 0.717) is 40.9 Å². The average Bonchev–Trinajstić information content (AvgIpc) is 3.63. The van der Waals surface area contributed by atoms with Crippen LogP contribution in [0.5, 0.6) is 0 Å². The fourth-order valence-corrected chi connectivity index (χ4v) is 10.8. The van der Waals surface area contributed by atoms with Crippen LogP contribution < -0.4 is 21.7 Å². The molecule has 0 spiro atoms. The van der Waals surface area contributed by atoms with Crippen molar-refractivity contribution in [2.45, 2.75) is 116 Å². The molecule has 3 saturated carbocycles. The number of rotatable bonds is 6. The lowest BCUT2D eigenvalue weighted by Gasteiger charge is -2.58. The Bertz CT molecular complexity index is 1300. The number of aliphatic hydroxyl groups excluding tert-OH is 1. The predicted octanol–water partition coefficient (Wildman–Crippen LogP) is 4.17. The van der Waals surface area contributed by atoms with E-state index in [0.717, 1.165) is 55.0 Å². The average molecular weight is 659 g/mol. The van der Waals surface area contributed by atoms with Gasteiger partial charge in [-0.3, -0.25) is 0 Å². The van der Waals surface area contributed by atoms with E-state index in [2.05, 4.69) is 63.0 Å². The molecule has 7 heteroatoms. The smallest absolute Gasteiger partial charge is 0.155 e.